The second kappa shape index (κ2) is 7.73. The van der Waals surface area contributed by atoms with Gasteiger partial charge in [0, 0.05) is 22.9 Å². The third-order valence-electron chi connectivity index (χ3n) is 5.18. The summed E-state index contributed by atoms with van der Waals surface area (Å²) in [4.78, 5) is 17.4. The molecule has 3 aromatic rings. The summed E-state index contributed by atoms with van der Waals surface area (Å²) in [6.45, 7) is 0. The summed E-state index contributed by atoms with van der Waals surface area (Å²) in [5.41, 5.74) is 1.78. The molecule has 2 saturated carbocycles. The van der Waals surface area contributed by atoms with Crippen LogP contribution in [0.3, 0.4) is 0 Å². The second-order valence-corrected chi connectivity index (χ2v) is 9.30. The average molecular weight is 422 g/mol. The number of hydrogen-bond acceptors (Lipinski definition) is 7. The van der Waals surface area contributed by atoms with Crippen molar-refractivity contribution in [3.8, 4) is 17.3 Å². The van der Waals surface area contributed by atoms with Gasteiger partial charge >= 0.3 is 0 Å². The molecule has 5 rings (SSSR count). The van der Waals surface area contributed by atoms with Crippen LogP contribution in [0, 0.1) is 11.3 Å². The Morgan fingerprint density at radius 1 is 1.24 bits per heavy atom. The third-order valence-corrected chi connectivity index (χ3v) is 7.05. The third kappa shape index (κ3) is 3.85. The molecular formula is C21H19N5OS2. The number of nitrogens with zero attached hydrogens (tertiary/aromatic N) is 5. The summed E-state index contributed by atoms with van der Waals surface area (Å²) in [5, 5.41) is 21.6. The topological polar surface area (TPSA) is 84.5 Å². The average Bonchev–Trinajstić information content (AvgIpc) is 3.68. The Kier molecular flexibility index (Phi) is 4.94. The number of thiazole rings is 1. The maximum atomic E-state index is 12.8. The van der Waals surface area contributed by atoms with E-state index in [1.807, 2.05) is 35.7 Å². The number of Topliss-reactive ketones (excluding diaryl/α,β-unsaturated/α-hetero) is 1. The lowest BCUT2D eigenvalue weighted by molar-refractivity contribution is -0.116. The zero-order valence-electron chi connectivity index (χ0n) is 15.7. The Balaban J connectivity index is 1.29. The van der Waals surface area contributed by atoms with Crippen molar-refractivity contribution in [2.24, 2.45) is 0 Å². The van der Waals surface area contributed by atoms with Crippen LogP contribution in [-0.4, -0.2) is 31.3 Å². The first kappa shape index (κ1) is 18.5. The van der Waals surface area contributed by atoms with E-state index in [1.165, 1.54) is 35.9 Å². The molecular weight excluding hydrogens is 402 g/mol. The van der Waals surface area contributed by atoms with E-state index in [4.69, 9.17) is 0 Å². The van der Waals surface area contributed by atoms with Gasteiger partial charge in [-0.2, -0.15) is 5.26 Å². The van der Waals surface area contributed by atoms with E-state index in [0.29, 0.717) is 17.0 Å². The predicted molar refractivity (Wildman–Crippen MR) is 112 cm³/mol. The number of hydrogen-bond donors (Lipinski definition) is 0. The highest BCUT2D eigenvalue weighted by Gasteiger charge is 2.36. The van der Waals surface area contributed by atoms with Gasteiger partial charge in [0.2, 0.25) is 0 Å². The van der Waals surface area contributed by atoms with E-state index >= 15 is 0 Å². The number of thioether (sulfide) groups is 1. The molecule has 2 aromatic heterocycles. The highest BCUT2D eigenvalue weighted by Crippen LogP contribution is 2.46. The summed E-state index contributed by atoms with van der Waals surface area (Å²) in [6, 6.07) is 12.4. The number of benzene rings is 1. The highest BCUT2D eigenvalue weighted by atomic mass is 32.2. The van der Waals surface area contributed by atoms with Gasteiger partial charge < -0.3 is 4.57 Å². The molecule has 146 valence electrons. The van der Waals surface area contributed by atoms with Gasteiger partial charge in [-0.05, 0) is 25.7 Å². The lowest BCUT2D eigenvalue weighted by Gasteiger charge is -2.08. The van der Waals surface area contributed by atoms with Gasteiger partial charge in [0.05, 0.1) is 17.5 Å². The van der Waals surface area contributed by atoms with Crippen molar-refractivity contribution in [3.63, 3.8) is 0 Å². The molecule has 8 heteroatoms. The maximum Gasteiger partial charge on any atom is 0.191 e. The smallest absolute Gasteiger partial charge is 0.191 e. The first-order chi connectivity index (χ1) is 14.2. The van der Waals surface area contributed by atoms with Gasteiger partial charge in [0.15, 0.2) is 16.9 Å². The van der Waals surface area contributed by atoms with E-state index in [-0.39, 0.29) is 11.5 Å². The van der Waals surface area contributed by atoms with Crippen molar-refractivity contribution in [2.75, 3.05) is 5.75 Å². The Bertz CT molecular complexity index is 1080. The summed E-state index contributed by atoms with van der Waals surface area (Å²) in [6.07, 6.45) is 4.67. The maximum absolute atomic E-state index is 12.8. The number of carbonyl (C=O) groups excluding carboxylic acids is 1. The molecule has 0 aliphatic heterocycles. The van der Waals surface area contributed by atoms with Crippen LogP contribution in [0.5, 0.6) is 0 Å². The zero-order valence-corrected chi connectivity index (χ0v) is 17.3. The molecule has 0 bridgehead atoms. The lowest BCUT2D eigenvalue weighted by Crippen LogP contribution is -2.14. The molecule has 0 amide bonds. The number of ketones is 1. The number of aromatic nitrogens is 4. The Morgan fingerprint density at radius 3 is 2.72 bits per heavy atom. The molecule has 0 spiro atoms. The normalized spacial score (nSPS) is 17.1. The van der Waals surface area contributed by atoms with Crippen LogP contribution in [0.15, 0.2) is 40.9 Å². The van der Waals surface area contributed by atoms with Crippen LogP contribution in [0.2, 0.25) is 0 Å². The largest absolute Gasteiger partial charge is 0.303 e. The van der Waals surface area contributed by atoms with E-state index in [9.17, 15) is 10.1 Å². The molecule has 0 saturated heterocycles. The van der Waals surface area contributed by atoms with Crippen molar-refractivity contribution in [3.05, 3.63) is 46.5 Å². The molecule has 2 heterocycles. The number of nitriles is 1. The van der Waals surface area contributed by atoms with Crippen LogP contribution in [-0.2, 0) is 4.79 Å². The van der Waals surface area contributed by atoms with Gasteiger partial charge in [0.1, 0.15) is 10.8 Å². The lowest BCUT2D eigenvalue weighted by atomic mass is 10.1. The van der Waals surface area contributed by atoms with Crippen molar-refractivity contribution in [2.45, 2.75) is 48.7 Å². The summed E-state index contributed by atoms with van der Waals surface area (Å²) >= 11 is 2.76. The fourth-order valence-electron chi connectivity index (χ4n) is 3.33. The fourth-order valence-corrected chi connectivity index (χ4v) is 5.14. The first-order valence-corrected chi connectivity index (χ1v) is 11.6. The van der Waals surface area contributed by atoms with Crippen molar-refractivity contribution < 1.29 is 4.79 Å². The molecule has 0 radical (unpaired) electrons. The molecule has 29 heavy (non-hydrogen) atoms. The second-order valence-electron chi connectivity index (χ2n) is 7.47. The monoisotopic (exact) mass is 421 g/mol. The minimum Gasteiger partial charge on any atom is -0.303 e. The fraction of sp³-hybridized carbons (Fsp3) is 0.381. The predicted octanol–water partition coefficient (Wildman–Crippen LogP) is 4.58. The number of rotatable bonds is 8. The van der Waals surface area contributed by atoms with Crippen molar-refractivity contribution >= 4 is 28.9 Å². The van der Waals surface area contributed by atoms with Crippen LogP contribution >= 0.6 is 23.1 Å². The van der Waals surface area contributed by atoms with Crippen LogP contribution in [0.4, 0.5) is 0 Å². The minimum atomic E-state index is -0.842. The molecule has 2 fully saturated rings. The van der Waals surface area contributed by atoms with Gasteiger partial charge in [0.25, 0.3) is 0 Å². The molecule has 6 nitrogen and oxygen atoms in total. The Morgan fingerprint density at radius 2 is 2.03 bits per heavy atom. The van der Waals surface area contributed by atoms with Crippen molar-refractivity contribution in [1.29, 1.82) is 5.26 Å². The minimum absolute atomic E-state index is 0.134. The van der Waals surface area contributed by atoms with E-state index in [2.05, 4.69) is 25.8 Å². The van der Waals surface area contributed by atoms with Gasteiger partial charge in [-0.3, -0.25) is 4.79 Å². The van der Waals surface area contributed by atoms with E-state index in [0.717, 1.165) is 35.1 Å². The molecule has 0 N–H and O–H groups in total. The molecule has 1 aromatic carbocycles. The molecule has 1 unspecified atom stereocenters. The SMILES string of the molecule is N#CC(C(=O)CSc1nnc(C2CC2)n1C1CC1)c1nc(-c2ccccc2)cs1. The number of carbonyl (C=O) groups is 1. The van der Waals surface area contributed by atoms with Crippen LogP contribution < -0.4 is 0 Å². The molecule has 2 aliphatic carbocycles. The van der Waals surface area contributed by atoms with Crippen LogP contribution in [0.25, 0.3) is 11.3 Å². The van der Waals surface area contributed by atoms with Gasteiger partial charge in [-0.25, -0.2) is 4.98 Å². The highest BCUT2D eigenvalue weighted by molar-refractivity contribution is 7.99. The molecule has 1 atom stereocenters. The Labute approximate surface area is 177 Å². The first-order valence-electron chi connectivity index (χ1n) is 9.75. The van der Waals surface area contributed by atoms with Crippen LogP contribution in [0.1, 0.15) is 54.4 Å². The molecule has 2 aliphatic rings. The zero-order chi connectivity index (χ0) is 19.8. The summed E-state index contributed by atoms with van der Waals surface area (Å²) in [7, 11) is 0. The quantitative estimate of drug-likeness (QED) is 0.495. The summed E-state index contributed by atoms with van der Waals surface area (Å²) in [5.74, 6) is 0.835. The van der Waals surface area contributed by atoms with E-state index < -0.39 is 5.92 Å². The standard InChI is InChI=1S/C21H19N5OS2/c22-10-16(20-23-17(11-28-20)13-4-2-1-3-5-13)18(27)12-29-21-25-24-19(14-6-7-14)26(21)15-8-9-15/h1-5,11,14-16H,6-9,12H2. The van der Waals surface area contributed by atoms with Crippen molar-refractivity contribution in [1.82, 2.24) is 19.7 Å². The summed E-state index contributed by atoms with van der Waals surface area (Å²) < 4.78 is 2.23. The van der Waals surface area contributed by atoms with E-state index in [1.54, 1.807) is 0 Å². The van der Waals surface area contributed by atoms with Gasteiger partial charge in [-0.1, -0.05) is 42.1 Å². The Hall–Kier alpha value is -2.50. The van der Waals surface area contributed by atoms with Gasteiger partial charge in [-0.15, -0.1) is 21.5 Å².